The quantitative estimate of drug-likeness (QED) is 0.0261. The summed E-state index contributed by atoms with van der Waals surface area (Å²) in [4.78, 5) is 38.4. The van der Waals surface area contributed by atoms with E-state index in [1.807, 2.05) is 0 Å². The number of ether oxygens (including phenoxy) is 3. The minimum absolute atomic E-state index is 0.0977. The van der Waals surface area contributed by atoms with E-state index in [0.717, 1.165) is 161 Å². The highest BCUT2D eigenvalue weighted by Crippen LogP contribution is 2.16. The Morgan fingerprint density at radius 1 is 0.241 bits per heavy atom. The summed E-state index contributed by atoms with van der Waals surface area (Å²) in [5, 5.41) is 0. The molecule has 0 aliphatic heterocycles. The van der Waals surface area contributed by atoms with Crippen molar-refractivity contribution in [2.45, 2.75) is 297 Å². The fraction of sp³-hybridized carbons (Fsp3) is 0.623. The first-order valence-corrected chi connectivity index (χ1v) is 34.0. The Balaban J connectivity index is 4.34. The van der Waals surface area contributed by atoms with Gasteiger partial charge in [0.15, 0.2) is 6.10 Å². The maximum absolute atomic E-state index is 12.9. The molecular weight excluding hydrogens is 1020 g/mol. The molecule has 468 valence electrons. The topological polar surface area (TPSA) is 78.9 Å². The fourth-order valence-electron chi connectivity index (χ4n) is 9.04. The molecule has 0 amide bonds. The van der Waals surface area contributed by atoms with Gasteiger partial charge in [0, 0.05) is 19.3 Å². The molecule has 0 aromatic rings. The number of esters is 3. The normalized spacial score (nSPS) is 13.1. The summed E-state index contributed by atoms with van der Waals surface area (Å²) >= 11 is 0. The average Bonchev–Trinajstić information content (AvgIpc) is 3.49. The second-order valence-electron chi connectivity index (χ2n) is 21.9. The van der Waals surface area contributed by atoms with Gasteiger partial charge in [0.05, 0.1) is 0 Å². The van der Waals surface area contributed by atoms with Crippen LogP contribution in [0.5, 0.6) is 0 Å². The van der Waals surface area contributed by atoms with Crippen molar-refractivity contribution in [1.29, 1.82) is 0 Å². The summed E-state index contributed by atoms with van der Waals surface area (Å²) in [5.41, 5.74) is 0. The molecule has 0 saturated carbocycles. The van der Waals surface area contributed by atoms with Crippen LogP contribution < -0.4 is 0 Å². The van der Waals surface area contributed by atoms with Gasteiger partial charge in [0.25, 0.3) is 0 Å². The van der Waals surface area contributed by atoms with Crippen LogP contribution in [-0.4, -0.2) is 37.2 Å². The molecule has 1 unspecified atom stereocenters. The molecule has 0 bridgehead atoms. The summed E-state index contributed by atoms with van der Waals surface area (Å²) in [6.07, 6.45) is 101. The van der Waals surface area contributed by atoms with Gasteiger partial charge < -0.3 is 14.2 Å². The second-order valence-corrected chi connectivity index (χ2v) is 21.9. The van der Waals surface area contributed by atoms with Gasteiger partial charge in [-0.15, -0.1) is 0 Å². The van der Waals surface area contributed by atoms with E-state index in [9.17, 15) is 14.4 Å². The zero-order valence-electron chi connectivity index (χ0n) is 53.7. The number of rotatable bonds is 60. The highest BCUT2D eigenvalue weighted by Gasteiger charge is 2.19. The first kappa shape index (κ1) is 78.0. The first-order valence-electron chi connectivity index (χ1n) is 34.0. The van der Waals surface area contributed by atoms with Gasteiger partial charge >= 0.3 is 17.9 Å². The molecule has 0 saturated heterocycles. The van der Waals surface area contributed by atoms with Crippen molar-refractivity contribution in [3.63, 3.8) is 0 Å². The van der Waals surface area contributed by atoms with Crippen molar-refractivity contribution in [2.75, 3.05) is 13.2 Å². The Kier molecular flexibility index (Phi) is 65.4. The number of carbonyl (C=O) groups is 3. The van der Waals surface area contributed by atoms with Crippen LogP contribution in [0.2, 0.25) is 0 Å². The Morgan fingerprint density at radius 3 is 0.687 bits per heavy atom. The van der Waals surface area contributed by atoms with Gasteiger partial charge in [-0.05, 0) is 141 Å². The third-order valence-corrected chi connectivity index (χ3v) is 14.0. The van der Waals surface area contributed by atoms with Gasteiger partial charge in [0.1, 0.15) is 13.2 Å². The van der Waals surface area contributed by atoms with Crippen LogP contribution in [0.25, 0.3) is 0 Å². The highest BCUT2D eigenvalue weighted by atomic mass is 16.6. The third kappa shape index (κ3) is 67.7. The van der Waals surface area contributed by atoms with Crippen LogP contribution in [0.3, 0.4) is 0 Å². The summed E-state index contributed by atoms with van der Waals surface area (Å²) in [6.45, 7) is 6.27. The molecule has 0 aliphatic carbocycles. The largest absolute Gasteiger partial charge is 0.462 e. The lowest BCUT2D eigenvalue weighted by Gasteiger charge is -2.18. The molecule has 0 N–H and O–H groups in total. The second kappa shape index (κ2) is 69.5. The van der Waals surface area contributed by atoms with Crippen molar-refractivity contribution in [1.82, 2.24) is 0 Å². The van der Waals surface area contributed by atoms with E-state index < -0.39 is 6.10 Å². The monoisotopic (exact) mass is 1140 g/mol. The maximum Gasteiger partial charge on any atom is 0.306 e. The van der Waals surface area contributed by atoms with E-state index in [-0.39, 0.29) is 31.1 Å². The molecule has 6 heteroatoms. The minimum atomic E-state index is -0.805. The lowest BCUT2D eigenvalue weighted by atomic mass is 10.0. The zero-order chi connectivity index (χ0) is 59.9. The smallest absolute Gasteiger partial charge is 0.306 e. The van der Waals surface area contributed by atoms with Crippen LogP contribution in [-0.2, 0) is 28.6 Å². The van der Waals surface area contributed by atoms with Crippen molar-refractivity contribution in [3.05, 3.63) is 158 Å². The van der Waals surface area contributed by atoms with Crippen molar-refractivity contribution < 1.29 is 28.6 Å². The number of carbonyl (C=O) groups excluding carboxylic acids is 3. The van der Waals surface area contributed by atoms with E-state index in [1.54, 1.807) is 0 Å². The van der Waals surface area contributed by atoms with Crippen molar-refractivity contribution >= 4 is 17.9 Å². The average molecular weight is 1150 g/mol. The van der Waals surface area contributed by atoms with Crippen LogP contribution in [0.15, 0.2) is 158 Å². The summed E-state index contributed by atoms with van der Waals surface area (Å²) in [5.74, 6) is -0.939. The standard InChI is InChI=1S/C77H124O6/c1-4-7-10-13-16-19-22-25-27-29-31-33-35-36-37-38-39-40-42-43-45-47-49-52-55-58-61-64-67-70-76(79)82-73-74(72-81-75(78)69-66-63-60-57-54-51-24-21-18-15-12-9-6-3)83-77(80)71-68-65-62-59-56-53-50-48-46-44-41-34-32-30-28-26-23-20-17-14-11-8-5-2/h7-12,16-21,25-28,31-34,36-37,44,46,51,54,74H,4-6,13-15,22-24,29-30,35,38-43,45,47-50,52-53,55-73H2,1-3H3/b10-7-,11-8-,12-9-,19-16-,20-17-,21-18-,27-25-,28-26-,33-31-,34-32-,37-36-,46-44-,54-51-. The Bertz CT molecular complexity index is 1840. The molecule has 0 fully saturated rings. The van der Waals surface area contributed by atoms with Crippen LogP contribution in [0, 0.1) is 0 Å². The SMILES string of the molecule is CC/C=C\C/C=C\C/C=C\C/C=C\C/C=C\CCCCCCCCCCCCCCCC(=O)OCC(COC(=O)CCCCC/C=C\C/C=C\C/C=C\CC)OC(=O)CCCCCCCCC/C=C\C/C=C\C/C=C\C/C=C\C/C=C\CC. The first-order chi connectivity index (χ1) is 41.0. The predicted molar refractivity (Wildman–Crippen MR) is 362 cm³/mol. The Morgan fingerprint density at radius 2 is 0.434 bits per heavy atom. The molecule has 83 heavy (non-hydrogen) atoms. The van der Waals surface area contributed by atoms with E-state index in [0.29, 0.717) is 19.3 Å². The minimum Gasteiger partial charge on any atom is -0.462 e. The molecule has 0 aromatic carbocycles. The van der Waals surface area contributed by atoms with Crippen molar-refractivity contribution in [3.8, 4) is 0 Å². The van der Waals surface area contributed by atoms with E-state index in [4.69, 9.17) is 14.2 Å². The molecule has 1 atom stereocenters. The van der Waals surface area contributed by atoms with E-state index in [2.05, 4.69) is 179 Å². The van der Waals surface area contributed by atoms with Crippen molar-refractivity contribution in [2.24, 2.45) is 0 Å². The molecule has 0 rings (SSSR count). The number of unbranched alkanes of at least 4 members (excludes halogenated alkanes) is 23. The fourth-order valence-corrected chi connectivity index (χ4v) is 9.04. The lowest BCUT2D eigenvalue weighted by molar-refractivity contribution is -0.167. The van der Waals surface area contributed by atoms with Gasteiger partial charge in [-0.3, -0.25) is 14.4 Å². The Hall–Kier alpha value is -4.97. The van der Waals surface area contributed by atoms with E-state index in [1.165, 1.54) is 89.9 Å². The summed E-state index contributed by atoms with van der Waals surface area (Å²) in [7, 11) is 0. The van der Waals surface area contributed by atoms with Gasteiger partial charge in [-0.25, -0.2) is 0 Å². The molecule has 6 nitrogen and oxygen atoms in total. The van der Waals surface area contributed by atoms with Crippen LogP contribution in [0.1, 0.15) is 290 Å². The van der Waals surface area contributed by atoms with Gasteiger partial charge in [-0.1, -0.05) is 288 Å². The van der Waals surface area contributed by atoms with Crippen LogP contribution >= 0.6 is 0 Å². The molecule has 0 aromatic heterocycles. The maximum atomic E-state index is 12.9. The molecule has 0 radical (unpaired) electrons. The van der Waals surface area contributed by atoms with E-state index >= 15 is 0 Å². The lowest BCUT2D eigenvalue weighted by Crippen LogP contribution is -2.30. The van der Waals surface area contributed by atoms with Gasteiger partial charge in [0.2, 0.25) is 0 Å². The molecule has 0 heterocycles. The Labute approximate surface area is 511 Å². The molecule has 0 aliphatic rings. The molecular formula is C77H124O6. The zero-order valence-corrected chi connectivity index (χ0v) is 53.7. The molecule has 0 spiro atoms. The summed E-state index contributed by atoms with van der Waals surface area (Å²) < 4.78 is 16.9. The predicted octanol–water partition coefficient (Wildman–Crippen LogP) is 23.7. The van der Waals surface area contributed by atoms with Gasteiger partial charge in [-0.2, -0.15) is 0 Å². The number of hydrogen-bond donors (Lipinski definition) is 0. The third-order valence-electron chi connectivity index (χ3n) is 14.0. The number of hydrogen-bond acceptors (Lipinski definition) is 6. The number of allylic oxidation sites excluding steroid dienone is 26. The van der Waals surface area contributed by atoms with Crippen LogP contribution in [0.4, 0.5) is 0 Å². The highest BCUT2D eigenvalue weighted by molar-refractivity contribution is 5.71. The summed E-state index contributed by atoms with van der Waals surface area (Å²) in [6, 6.07) is 0.